The number of benzene rings is 3. The lowest BCUT2D eigenvalue weighted by Crippen LogP contribution is -2.43. The van der Waals surface area contributed by atoms with Crippen LogP contribution >= 0.6 is 0 Å². The van der Waals surface area contributed by atoms with Crippen LogP contribution in [0.15, 0.2) is 97.3 Å². The summed E-state index contributed by atoms with van der Waals surface area (Å²) < 4.78 is 0. The molecule has 158 valence electrons. The Morgan fingerprint density at radius 2 is 1.47 bits per heavy atom. The van der Waals surface area contributed by atoms with E-state index in [0.717, 1.165) is 28.2 Å². The highest BCUT2D eigenvalue weighted by molar-refractivity contribution is 5.86. The van der Waals surface area contributed by atoms with Crippen molar-refractivity contribution in [3.63, 3.8) is 0 Å². The number of aromatic amines is 1. The fourth-order valence-electron chi connectivity index (χ4n) is 4.97. The maximum absolute atomic E-state index is 13.8. The number of fused-ring (bicyclic) bond motifs is 2. The first-order chi connectivity index (χ1) is 15.8. The van der Waals surface area contributed by atoms with Gasteiger partial charge < -0.3 is 4.98 Å². The van der Waals surface area contributed by atoms with Crippen LogP contribution in [0.2, 0.25) is 0 Å². The van der Waals surface area contributed by atoms with E-state index >= 15 is 0 Å². The SMILES string of the molecule is O=C1[C@@H]2Cc3[nH]cnc3[C@H](c3ccccc3)N2[C@H](c2ccccc2)N1Nc1ccccc1. The van der Waals surface area contributed by atoms with Crippen molar-refractivity contribution in [2.75, 3.05) is 5.43 Å². The van der Waals surface area contributed by atoms with Gasteiger partial charge in [0.15, 0.2) is 0 Å². The van der Waals surface area contributed by atoms with E-state index in [-0.39, 0.29) is 24.2 Å². The van der Waals surface area contributed by atoms with Gasteiger partial charge in [-0.2, -0.15) is 0 Å². The number of nitrogens with zero attached hydrogens (tertiary/aromatic N) is 3. The van der Waals surface area contributed by atoms with Crippen LogP contribution in [0.1, 0.15) is 34.7 Å². The molecule has 1 aromatic heterocycles. The molecule has 6 heteroatoms. The van der Waals surface area contributed by atoms with Crippen molar-refractivity contribution in [2.45, 2.75) is 24.7 Å². The molecule has 3 heterocycles. The number of imidazole rings is 1. The van der Waals surface area contributed by atoms with Crippen LogP contribution in [-0.2, 0) is 11.2 Å². The van der Waals surface area contributed by atoms with Crippen LogP contribution < -0.4 is 5.43 Å². The minimum atomic E-state index is -0.297. The predicted octanol–water partition coefficient (Wildman–Crippen LogP) is 4.29. The first kappa shape index (κ1) is 18.8. The lowest BCUT2D eigenvalue weighted by molar-refractivity contribution is -0.129. The molecule has 1 fully saturated rings. The summed E-state index contributed by atoms with van der Waals surface area (Å²) in [5.41, 5.74) is 8.49. The van der Waals surface area contributed by atoms with Gasteiger partial charge in [-0.3, -0.25) is 15.1 Å². The quantitative estimate of drug-likeness (QED) is 0.516. The maximum atomic E-state index is 13.8. The molecular weight excluding hydrogens is 398 g/mol. The molecule has 6 rings (SSSR count). The molecule has 6 nitrogen and oxygen atoms in total. The third-order valence-corrected chi connectivity index (χ3v) is 6.35. The Bertz CT molecular complexity index is 1220. The largest absolute Gasteiger partial charge is 0.348 e. The molecular formula is C26H23N5O. The zero-order valence-electron chi connectivity index (χ0n) is 17.4. The standard InChI is InChI=1S/C26H23N5O/c32-26-22-16-21-23(28-17-27-21)24(18-10-4-1-5-11-18)30(22)25(19-12-6-2-7-13-19)31(26)29-20-14-8-3-9-15-20/h1-15,17,22,24-25,29H,16H2,(H,27,28)/t22-,24-,25-/m0/s1. The summed E-state index contributed by atoms with van der Waals surface area (Å²) in [7, 11) is 0. The molecule has 2 aliphatic heterocycles. The molecule has 3 aromatic carbocycles. The summed E-state index contributed by atoms with van der Waals surface area (Å²) in [4.78, 5) is 24.1. The van der Waals surface area contributed by atoms with E-state index in [1.807, 2.05) is 66.7 Å². The number of para-hydroxylation sites is 1. The molecule has 0 saturated carbocycles. The lowest BCUT2D eigenvalue weighted by atomic mass is 9.91. The van der Waals surface area contributed by atoms with Crippen LogP contribution in [0.3, 0.4) is 0 Å². The number of anilines is 1. The van der Waals surface area contributed by atoms with Crippen LogP contribution in [0.25, 0.3) is 0 Å². The molecule has 0 unspecified atom stereocenters. The van der Waals surface area contributed by atoms with Gasteiger partial charge in [0.05, 0.1) is 29.8 Å². The highest BCUT2D eigenvalue weighted by Gasteiger charge is 2.54. The minimum Gasteiger partial charge on any atom is -0.348 e. The van der Waals surface area contributed by atoms with E-state index in [9.17, 15) is 4.79 Å². The highest BCUT2D eigenvalue weighted by atomic mass is 16.2. The second-order valence-electron chi connectivity index (χ2n) is 8.22. The molecule has 32 heavy (non-hydrogen) atoms. The van der Waals surface area contributed by atoms with Gasteiger partial charge in [-0.1, -0.05) is 78.9 Å². The number of amides is 1. The number of hydrogen-bond donors (Lipinski definition) is 2. The third kappa shape index (κ3) is 2.99. The molecule has 3 atom stereocenters. The van der Waals surface area contributed by atoms with Gasteiger partial charge in [-0.25, -0.2) is 9.99 Å². The molecule has 0 spiro atoms. The van der Waals surface area contributed by atoms with Gasteiger partial charge in [0.2, 0.25) is 0 Å². The van der Waals surface area contributed by atoms with Crippen LogP contribution in [0, 0.1) is 0 Å². The summed E-state index contributed by atoms with van der Waals surface area (Å²) in [6.07, 6.45) is 2.07. The molecule has 0 aliphatic carbocycles. The van der Waals surface area contributed by atoms with Gasteiger partial charge in [0, 0.05) is 12.1 Å². The first-order valence-electron chi connectivity index (χ1n) is 10.9. The molecule has 4 aromatic rings. The van der Waals surface area contributed by atoms with Crippen molar-refractivity contribution in [2.24, 2.45) is 0 Å². The summed E-state index contributed by atoms with van der Waals surface area (Å²) in [6.45, 7) is 0. The zero-order valence-corrected chi connectivity index (χ0v) is 17.4. The Hall–Kier alpha value is -3.90. The van der Waals surface area contributed by atoms with E-state index in [1.165, 1.54) is 0 Å². The summed E-state index contributed by atoms with van der Waals surface area (Å²) in [5, 5.41) is 1.79. The van der Waals surface area contributed by atoms with Gasteiger partial charge in [0.25, 0.3) is 5.91 Å². The van der Waals surface area contributed by atoms with Crippen molar-refractivity contribution >= 4 is 11.6 Å². The van der Waals surface area contributed by atoms with Gasteiger partial charge in [-0.15, -0.1) is 0 Å². The number of carbonyl (C=O) groups is 1. The number of H-pyrrole nitrogens is 1. The molecule has 0 radical (unpaired) electrons. The number of nitrogens with one attached hydrogen (secondary N) is 2. The fraction of sp³-hybridized carbons (Fsp3) is 0.154. The summed E-state index contributed by atoms with van der Waals surface area (Å²) in [6, 6.07) is 30.0. The van der Waals surface area contributed by atoms with E-state index in [1.54, 1.807) is 11.3 Å². The fourth-order valence-corrected chi connectivity index (χ4v) is 4.97. The Morgan fingerprint density at radius 1 is 0.844 bits per heavy atom. The third-order valence-electron chi connectivity index (χ3n) is 6.35. The van der Waals surface area contributed by atoms with E-state index in [0.29, 0.717) is 6.42 Å². The Labute approximate surface area is 186 Å². The van der Waals surface area contributed by atoms with E-state index < -0.39 is 0 Å². The van der Waals surface area contributed by atoms with Crippen LogP contribution in [0.4, 0.5) is 5.69 Å². The monoisotopic (exact) mass is 421 g/mol. The van der Waals surface area contributed by atoms with Crippen LogP contribution in [-0.4, -0.2) is 31.8 Å². The second kappa shape index (κ2) is 7.66. The first-order valence-corrected chi connectivity index (χ1v) is 10.9. The van der Waals surface area contributed by atoms with Crippen molar-refractivity contribution in [3.8, 4) is 0 Å². The Morgan fingerprint density at radius 3 is 2.16 bits per heavy atom. The molecule has 0 bridgehead atoms. The number of rotatable bonds is 4. The number of hydrogen-bond acceptors (Lipinski definition) is 4. The van der Waals surface area contributed by atoms with Crippen molar-refractivity contribution in [1.29, 1.82) is 0 Å². The van der Waals surface area contributed by atoms with Crippen LogP contribution in [0.5, 0.6) is 0 Å². The van der Waals surface area contributed by atoms with Gasteiger partial charge in [0.1, 0.15) is 6.17 Å². The van der Waals surface area contributed by atoms with Crippen molar-refractivity contribution in [3.05, 3.63) is 120 Å². The molecule has 1 amide bonds. The molecule has 1 saturated heterocycles. The topological polar surface area (TPSA) is 64.3 Å². The van der Waals surface area contributed by atoms with Gasteiger partial charge >= 0.3 is 0 Å². The van der Waals surface area contributed by atoms with E-state index in [2.05, 4.69) is 44.6 Å². The molecule has 2 aliphatic rings. The van der Waals surface area contributed by atoms with Crippen molar-refractivity contribution < 1.29 is 4.79 Å². The maximum Gasteiger partial charge on any atom is 0.260 e. The summed E-state index contributed by atoms with van der Waals surface area (Å²) in [5.74, 6) is 0.0592. The Kier molecular flexibility index (Phi) is 4.51. The highest BCUT2D eigenvalue weighted by Crippen LogP contribution is 2.47. The normalized spacial score (nSPS) is 22.4. The van der Waals surface area contributed by atoms with E-state index in [4.69, 9.17) is 0 Å². The Balaban J connectivity index is 1.51. The molecule has 2 N–H and O–H groups in total. The summed E-state index contributed by atoms with van der Waals surface area (Å²) >= 11 is 0. The lowest BCUT2D eigenvalue weighted by Gasteiger charge is -2.39. The minimum absolute atomic E-state index is 0.0592. The smallest absolute Gasteiger partial charge is 0.260 e. The average molecular weight is 422 g/mol. The number of hydrazine groups is 1. The number of aromatic nitrogens is 2. The number of carbonyl (C=O) groups excluding carboxylic acids is 1. The second-order valence-corrected chi connectivity index (χ2v) is 8.22. The zero-order chi connectivity index (χ0) is 21.5. The predicted molar refractivity (Wildman–Crippen MR) is 122 cm³/mol. The average Bonchev–Trinajstić information content (AvgIpc) is 3.42. The van der Waals surface area contributed by atoms with Gasteiger partial charge in [-0.05, 0) is 23.3 Å². The van der Waals surface area contributed by atoms with Crippen molar-refractivity contribution in [1.82, 2.24) is 19.9 Å².